The van der Waals surface area contributed by atoms with Crippen molar-refractivity contribution >= 4 is 17.3 Å². The van der Waals surface area contributed by atoms with E-state index in [4.69, 9.17) is 4.74 Å². The minimum Gasteiger partial charge on any atom is -0.494 e. The van der Waals surface area contributed by atoms with Gasteiger partial charge in [-0.15, -0.1) is 0 Å². The molecule has 132 valence electrons. The van der Waals surface area contributed by atoms with Gasteiger partial charge in [-0.2, -0.15) is 0 Å². The van der Waals surface area contributed by atoms with E-state index in [2.05, 4.69) is 17.6 Å². The number of methoxy groups -OCH3 is 1. The summed E-state index contributed by atoms with van der Waals surface area (Å²) in [5, 5.41) is 15.8. The average Bonchev–Trinajstić information content (AvgIpc) is 2.56. The molecule has 7 nitrogen and oxygen atoms in total. The molecule has 0 aromatic heterocycles. The van der Waals surface area contributed by atoms with Crippen LogP contribution in [0.1, 0.15) is 39.5 Å². The van der Waals surface area contributed by atoms with Gasteiger partial charge in [0.05, 0.1) is 29.8 Å². The number of amides is 1. The van der Waals surface area contributed by atoms with Crippen LogP contribution in [0.5, 0.6) is 5.75 Å². The molecule has 1 saturated carbocycles. The Kier molecular flexibility index (Phi) is 6.14. The van der Waals surface area contributed by atoms with Crippen LogP contribution in [0.25, 0.3) is 0 Å². The van der Waals surface area contributed by atoms with E-state index in [0.717, 1.165) is 6.42 Å². The highest BCUT2D eigenvalue weighted by atomic mass is 16.6. The Hall–Kier alpha value is -2.15. The first-order valence-electron chi connectivity index (χ1n) is 8.40. The minimum atomic E-state index is -0.491. The van der Waals surface area contributed by atoms with Crippen LogP contribution in [0.15, 0.2) is 18.2 Å². The summed E-state index contributed by atoms with van der Waals surface area (Å²) >= 11 is 0. The molecule has 2 rings (SSSR count). The lowest BCUT2D eigenvalue weighted by molar-refractivity contribution is -0.714. The molecule has 0 bridgehead atoms. The summed E-state index contributed by atoms with van der Waals surface area (Å²) < 4.78 is 5.15. The Labute approximate surface area is 141 Å². The van der Waals surface area contributed by atoms with Crippen LogP contribution < -0.4 is 15.4 Å². The molecule has 24 heavy (non-hydrogen) atoms. The van der Waals surface area contributed by atoms with Gasteiger partial charge in [-0.1, -0.05) is 13.3 Å². The fraction of sp³-hybridized carbons (Fsp3) is 0.588. The molecule has 0 radical (unpaired) electrons. The summed E-state index contributed by atoms with van der Waals surface area (Å²) in [6.45, 7) is 4.12. The first-order valence-corrected chi connectivity index (χ1v) is 8.40. The van der Waals surface area contributed by atoms with E-state index < -0.39 is 4.92 Å². The van der Waals surface area contributed by atoms with Gasteiger partial charge in [0.1, 0.15) is 5.75 Å². The first kappa shape index (κ1) is 18.2. The summed E-state index contributed by atoms with van der Waals surface area (Å²) in [5.41, 5.74) is 0.380. The van der Waals surface area contributed by atoms with E-state index in [1.165, 1.54) is 44.6 Å². The number of nitrogens with one attached hydrogen (secondary N) is 1. The second kappa shape index (κ2) is 8.10. The number of ether oxygens (including phenoxy) is 1. The maximum Gasteiger partial charge on any atom is 0.282 e. The molecule has 1 aliphatic carbocycles. The predicted molar refractivity (Wildman–Crippen MR) is 91.1 cm³/mol. The Morgan fingerprint density at radius 2 is 2.12 bits per heavy atom. The molecule has 1 aromatic carbocycles. The van der Waals surface area contributed by atoms with Gasteiger partial charge in [0.15, 0.2) is 6.04 Å². The topological polar surface area (TPSA) is 98.1 Å². The lowest BCUT2D eigenvalue weighted by Gasteiger charge is -2.28. The fourth-order valence-corrected chi connectivity index (χ4v) is 3.23. The lowest BCUT2D eigenvalue weighted by atomic mass is 9.85. The number of hydrogen-bond acceptors (Lipinski definition) is 4. The number of quaternary nitrogens is 1. The molecule has 3 atom stereocenters. The zero-order valence-electron chi connectivity index (χ0n) is 14.5. The Balaban J connectivity index is 2.01. The molecule has 1 aromatic rings. The largest absolute Gasteiger partial charge is 0.494 e. The highest BCUT2D eigenvalue weighted by Crippen LogP contribution is 2.29. The van der Waals surface area contributed by atoms with Gasteiger partial charge in [0, 0.05) is 12.0 Å². The third kappa shape index (κ3) is 4.44. The SMILES string of the molecule is COc1cc([N+](=O)[O-])ccc1NC(=O)[C@H](C)[NH2+][C@@H]1CCCC[C@@H]1C. The second-order valence-corrected chi connectivity index (χ2v) is 6.54. The molecule has 1 fully saturated rings. The van der Waals surface area contributed by atoms with Crippen molar-refractivity contribution in [3.8, 4) is 5.75 Å². The highest BCUT2D eigenvalue weighted by molar-refractivity contribution is 5.95. The number of hydrogen-bond donors (Lipinski definition) is 2. The number of carbonyl (C=O) groups is 1. The molecular formula is C17H26N3O4+. The standard InChI is InChI=1S/C17H25N3O4/c1-11-6-4-5-7-14(11)18-12(2)17(21)19-15-9-8-13(20(22)23)10-16(15)24-3/h8-12,14,18H,4-7H2,1-3H3,(H,19,21)/p+1/t11-,12-,14+/m0/s1. The van der Waals surface area contributed by atoms with Crippen LogP contribution in [0.2, 0.25) is 0 Å². The van der Waals surface area contributed by atoms with E-state index in [1.54, 1.807) is 0 Å². The van der Waals surface area contributed by atoms with Crippen molar-refractivity contribution in [1.82, 2.24) is 0 Å². The quantitative estimate of drug-likeness (QED) is 0.614. The summed E-state index contributed by atoms with van der Waals surface area (Å²) in [6.07, 6.45) is 4.84. The third-order valence-electron chi connectivity index (χ3n) is 4.78. The molecule has 0 spiro atoms. The number of carbonyl (C=O) groups excluding carboxylic acids is 1. The second-order valence-electron chi connectivity index (χ2n) is 6.54. The molecule has 0 aliphatic heterocycles. The van der Waals surface area contributed by atoms with Gasteiger partial charge in [-0.25, -0.2) is 0 Å². The van der Waals surface area contributed by atoms with Crippen molar-refractivity contribution < 1.29 is 19.8 Å². The molecule has 1 amide bonds. The zero-order chi connectivity index (χ0) is 17.7. The monoisotopic (exact) mass is 336 g/mol. The van der Waals surface area contributed by atoms with Crippen LogP contribution in [0.4, 0.5) is 11.4 Å². The van der Waals surface area contributed by atoms with Crippen molar-refractivity contribution in [2.45, 2.75) is 51.6 Å². The number of anilines is 1. The molecular weight excluding hydrogens is 310 g/mol. The lowest BCUT2D eigenvalue weighted by Crippen LogP contribution is -2.97. The molecule has 0 saturated heterocycles. The Bertz CT molecular complexity index is 605. The van der Waals surface area contributed by atoms with E-state index >= 15 is 0 Å². The molecule has 0 unspecified atom stereocenters. The van der Waals surface area contributed by atoms with Crippen molar-refractivity contribution in [1.29, 1.82) is 0 Å². The number of non-ortho nitro benzene ring substituents is 1. The number of nitrogens with two attached hydrogens (primary N) is 1. The number of nitrogens with zero attached hydrogens (tertiary/aromatic N) is 1. The van der Waals surface area contributed by atoms with Crippen molar-refractivity contribution in [2.75, 3.05) is 12.4 Å². The summed E-state index contributed by atoms with van der Waals surface area (Å²) in [7, 11) is 1.42. The van der Waals surface area contributed by atoms with E-state index in [-0.39, 0.29) is 23.4 Å². The molecule has 1 aliphatic rings. The van der Waals surface area contributed by atoms with Gasteiger partial charge < -0.3 is 15.4 Å². The Morgan fingerprint density at radius 3 is 2.75 bits per heavy atom. The van der Waals surface area contributed by atoms with Crippen molar-refractivity contribution in [3.63, 3.8) is 0 Å². The molecule has 0 heterocycles. The minimum absolute atomic E-state index is 0.0690. The normalized spacial score (nSPS) is 21.8. The van der Waals surface area contributed by atoms with Gasteiger partial charge in [0.2, 0.25) is 0 Å². The predicted octanol–water partition coefficient (Wildman–Crippen LogP) is 2.07. The van der Waals surface area contributed by atoms with Gasteiger partial charge in [-0.3, -0.25) is 14.9 Å². The number of nitro groups is 1. The summed E-state index contributed by atoms with van der Waals surface area (Å²) in [6, 6.07) is 4.42. The molecule has 3 N–H and O–H groups in total. The van der Waals surface area contributed by atoms with Gasteiger partial charge in [-0.05, 0) is 32.3 Å². The van der Waals surface area contributed by atoms with Crippen LogP contribution in [0.3, 0.4) is 0 Å². The maximum absolute atomic E-state index is 12.4. The zero-order valence-corrected chi connectivity index (χ0v) is 14.5. The van der Waals surface area contributed by atoms with Crippen molar-refractivity contribution in [3.05, 3.63) is 28.3 Å². The van der Waals surface area contributed by atoms with Crippen LogP contribution >= 0.6 is 0 Å². The smallest absolute Gasteiger partial charge is 0.282 e. The van der Waals surface area contributed by atoms with E-state index in [0.29, 0.717) is 17.6 Å². The third-order valence-corrected chi connectivity index (χ3v) is 4.78. The first-order chi connectivity index (χ1) is 11.4. The van der Waals surface area contributed by atoms with E-state index in [1.807, 2.05) is 6.92 Å². The average molecular weight is 336 g/mol. The van der Waals surface area contributed by atoms with Crippen LogP contribution in [0, 0.1) is 16.0 Å². The number of nitro benzene ring substituents is 1. The summed E-state index contributed by atoms with van der Waals surface area (Å²) in [4.78, 5) is 22.8. The highest BCUT2D eigenvalue weighted by Gasteiger charge is 2.29. The molecule has 7 heteroatoms. The van der Waals surface area contributed by atoms with E-state index in [9.17, 15) is 14.9 Å². The number of benzene rings is 1. The maximum atomic E-state index is 12.4. The van der Waals surface area contributed by atoms with Gasteiger partial charge in [0.25, 0.3) is 11.6 Å². The Morgan fingerprint density at radius 1 is 1.42 bits per heavy atom. The fourth-order valence-electron chi connectivity index (χ4n) is 3.23. The number of rotatable bonds is 6. The van der Waals surface area contributed by atoms with Crippen LogP contribution in [-0.4, -0.2) is 30.0 Å². The van der Waals surface area contributed by atoms with Crippen molar-refractivity contribution in [2.24, 2.45) is 5.92 Å². The van der Waals surface area contributed by atoms with Gasteiger partial charge >= 0.3 is 0 Å². The summed E-state index contributed by atoms with van der Waals surface area (Å²) in [5.74, 6) is 0.777. The van der Waals surface area contributed by atoms with Crippen LogP contribution in [-0.2, 0) is 4.79 Å².